The smallest absolute Gasteiger partial charge is 0.251 e. The molecule has 1 aliphatic heterocycles. The van der Waals surface area contributed by atoms with Crippen LogP contribution < -0.4 is 5.32 Å². The van der Waals surface area contributed by atoms with E-state index in [1.165, 1.54) is 5.56 Å². The summed E-state index contributed by atoms with van der Waals surface area (Å²) < 4.78 is 5.55. The van der Waals surface area contributed by atoms with Gasteiger partial charge in [-0.2, -0.15) is 0 Å². The van der Waals surface area contributed by atoms with E-state index in [9.17, 15) is 9.59 Å². The van der Waals surface area contributed by atoms with E-state index in [-0.39, 0.29) is 24.4 Å². The van der Waals surface area contributed by atoms with Crippen LogP contribution in [0.4, 0.5) is 0 Å². The molecule has 0 radical (unpaired) electrons. The molecule has 1 fully saturated rings. The highest BCUT2D eigenvalue weighted by Gasteiger charge is 2.27. The van der Waals surface area contributed by atoms with Crippen LogP contribution in [-0.2, 0) is 16.0 Å². The van der Waals surface area contributed by atoms with E-state index >= 15 is 0 Å². The summed E-state index contributed by atoms with van der Waals surface area (Å²) in [5.74, 6) is -0.310. The Bertz CT molecular complexity index is 703. The molecule has 1 aliphatic rings. The Hall–Kier alpha value is -2.66. The number of ether oxygens (including phenoxy) is 1. The predicted octanol–water partition coefficient (Wildman–Crippen LogP) is 1.89. The lowest BCUT2D eigenvalue weighted by Crippen LogP contribution is -2.52. The Morgan fingerprint density at radius 2 is 1.72 bits per heavy atom. The number of rotatable bonds is 5. The summed E-state index contributed by atoms with van der Waals surface area (Å²) in [4.78, 5) is 26.5. The lowest BCUT2D eigenvalue weighted by atomic mass is 10.0. The van der Waals surface area contributed by atoms with Gasteiger partial charge in [-0.15, -0.1) is 0 Å². The summed E-state index contributed by atoms with van der Waals surface area (Å²) in [6, 6.07) is 19.0. The molecule has 130 valence electrons. The van der Waals surface area contributed by atoms with Gasteiger partial charge in [-0.3, -0.25) is 9.59 Å². The maximum Gasteiger partial charge on any atom is 0.251 e. The molecule has 0 saturated carbocycles. The summed E-state index contributed by atoms with van der Waals surface area (Å²) in [5.41, 5.74) is 1.72. The largest absolute Gasteiger partial charge is 0.377 e. The van der Waals surface area contributed by atoms with Crippen LogP contribution in [0.1, 0.15) is 15.9 Å². The van der Waals surface area contributed by atoms with E-state index in [0.717, 1.165) is 6.42 Å². The third-order valence-corrected chi connectivity index (χ3v) is 4.30. The number of amides is 2. The van der Waals surface area contributed by atoms with Gasteiger partial charge in [0.1, 0.15) is 0 Å². The Balaban J connectivity index is 1.58. The average Bonchev–Trinajstić information content (AvgIpc) is 2.68. The van der Waals surface area contributed by atoms with Crippen LogP contribution in [0.25, 0.3) is 0 Å². The lowest BCUT2D eigenvalue weighted by molar-refractivity contribution is -0.138. The zero-order valence-electron chi connectivity index (χ0n) is 14.1. The monoisotopic (exact) mass is 338 g/mol. The average molecular weight is 338 g/mol. The number of nitrogens with one attached hydrogen (secondary N) is 1. The molecular formula is C20H22N2O3. The quantitative estimate of drug-likeness (QED) is 0.906. The van der Waals surface area contributed by atoms with Gasteiger partial charge in [0.2, 0.25) is 5.91 Å². The van der Waals surface area contributed by atoms with Crippen molar-refractivity contribution in [1.82, 2.24) is 10.2 Å². The van der Waals surface area contributed by atoms with Crippen LogP contribution >= 0.6 is 0 Å². The zero-order valence-corrected chi connectivity index (χ0v) is 14.1. The molecule has 1 saturated heterocycles. The first-order chi connectivity index (χ1) is 12.2. The first-order valence-electron chi connectivity index (χ1n) is 8.48. The third-order valence-electron chi connectivity index (χ3n) is 4.30. The van der Waals surface area contributed by atoms with Crippen LogP contribution in [0.3, 0.4) is 0 Å². The van der Waals surface area contributed by atoms with Gasteiger partial charge in [-0.05, 0) is 24.1 Å². The van der Waals surface area contributed by atoms with Gasteiger partial charge < -0.3 is 15.0 Å². The minimum Gasteiger partial charge on any atom is -0.377 e. The number of carbonyl (C=O) groups excluding carboxylic acids is 2. The number of hydrogen-bond acceptors (Lipinski definition) is 3. The molecule has 2 aromatic carbocycles. The second kappa shape index (κ2) is 8.44. The number of nitrogens with zero attached hydrogens (tertiary/aromatic N) is 1. The van der Waals surface area contributed by atoms with Crippen molar-refractivity contribution in [3.63, 3.8) is 0 Å². The van der Waals surface area contributed by atoms with Crippen molar-refractivity contribution in [3.05, 3.63) is 71.8 Å². The van der Waals surface area contributed by atoms with Gasteiger partial charge in [0.05, 0.1) is 25.8 Å². The van der Waals surface area contributed by atoms with Crippen molar-refractivity contribution in [2.45, 2.75) is 12.5 Å². The van der Waals surface area contributed by atoms with Gasteiger partial charge in [0.25, 0.3) is 5.91 Å². The first-order valence-corrected chi connectivity index (χ1v) is 8.48. The normalized spacial score (nSPS) is 17.1. The highest BCUT2D eigenvalue weighted by atomic mass is 16.5. The van der Waals surface area contributed by atoms with Crippen LogP contribution in [0.15, 0.2) is 60.7 Å². The lowest BCUT2D eigenvalue weighted by Gasteiger charge is -2.36. The zero-order chi connectivity index (χ0) is 17.5. The Kier molecular flexibility index (Phi) is 5.80. The Labute approximate surface area is 147 Å². The molecule has 25 heavy (non-hydrogen) atoms. The molecule has 1 unspecified atom stereocenters. The van der Waals surface area contributed by atoms with Crippen LogP contribution in [-0.4, -0.2) is 49.1 Å². The molecule has 0 aliphatic carbocycles. The Morgan fingerprint density at radius 3 is 2.44 bits per heavy atom. The standard InChI is InChI=1S/C20H22N2O3/c23-19(14-21-20(24)17-9-5-2-6-10-17)22-11-12-25-15-18(22)13-16-7-3-1-4-8-16/h1-10,18H,11-15H2,(H,21,24). The van der Waals surface area contributed by atoms with E-state index in [0.29, 0.717) is 25.3 Å². The maximum atomic E-state index is 12.6. The molecule has 1 N–H and O–H groups in total. The number of benzene rings is 2. The molecule has 5 nitrogen and oxygen atoms in total. The van der Waals surface area contributed by atoms with Gasteiger partial charge in [0.15, 0.2) is 0 Å². The van der Waals surface area contributed by atoms with E-state index in [4.69, 9.17) is 4.74 Å². The molecule has 0 spiro atoms. The van der Waals surface area contributed by atoms with Gasteiger partial charge in [-0.1, -0.05) is 48.5 Å². The Morgan fingerprint density at radius 1 is 1.04 bits per heavy atom. The summed E-state index contributed by atoms with van der Waals surface area (Å²) in [6.45, 7) is 1.60. The second-order valence-corrected chi connectivity index (χ2v) is 6.05. The molecule has 5 heteroatoms. The molecule has 0 aromatic heterocycles. The van der Waals surface area contributed by atoms with Crippen molar-refractivity contribution < 1.29 is 14.3 Å². The summed E-state index contributed by atoms with van der Waals surface area (Å²) in [7, 11) is 0. The van der Waals surface area contributed by atoms with Crippen LogP contribution in [0.5, 0.6) is 0 Å². The maximum absolute atomic E-state index is 12.6. The van der Waals surface area contributed by atoms with Crippen molar-refractivity contribution >= 4 is 11.8 Å². The summed E-state index contributed by atoms with van der Waals surface area (Å²) in [5, 5.41) is 2.71. The minimum atomic E-state index is -0.234. The van der Waals surface area contributed by atoms with Crippen molar-refractivity contribution in [3.8, 4) is 0 Å². The second-order valence-electron chi connectivity index (χ2n) is 6.05. The van der Waals surface area contributed by atoms with E-state index in [1.54, 1.807) is 24.3 Å². The highest BCUT2D eigenvalue weighted by molar-refractivity contribution is 5.96. The van der Waals surface area contributed by atoms with E-state index in [2.05, 4.69) is 17.4 Å². The van der Waals surface area contributed by atoms with E-state index in [1.807, 2.05) is 29.2 Å². The van der Waals surface area contributed by atoms with Gasteiger partial charge >= 0.3 is 0 Å². The number of carbonyl (C=O) groups is 2. The van der Waals surface area contributed by atoms with Gasteiger partial charge in [0, 0.05) is 12.1 Å². The number of morpholine rings is 1. The molecule has 1 heterocycles. The molecule has 2 aromatic rings. The summed E-state index contributed by atoms with van der Waals surface area (Å²) >= 11 is 0. The number of hydrogen-bond donors (Lipinski definition) is 1. The first kappa shape index (κ1) is 17.2. The summed E-state index contributed by atoms with van der Waals surface area (Å²) in [6.07, 6.45) is 0.749. The highest BCUT2D eigenvalue weighted by Crippen LogP contribution is 2.13. The van der Waals surface area contributed by atoms with Crippen molar-refractivity contribution in [1.29, 1.82) is 0 Å². The fourth-order valence-corrected chi connectivity index (χ4v) is 2.99. The van der Waals surface area contributed by atoms with Crippen LogP contribution in [0.2, 0.25) is 0 Å². The SMILES string of the molecule is O=C(NCC(=O)N1CCOCC1Cc1ccccc1)c1ccccc1. The fraction of sp³-hybridized carbons (Fsp3) is 0.300. The predicted molar refractivity (Wildman–Crippen MR) is 95.2 cm³/mol. The molecular weight excluding hydrogens is 316 g/mol. The molecule has 3 rings (SSSR count). The topological polar surface area (TPSA) is 58.6 Å². The van der Waals surface area contributed by atoms with E-state index < -0.39 is 0 Å². The molecule has 2 amide bonds. The van der Waals surface area contributed by atoms with Crippen molar-refractivity contribution in [2.75, 3.05) is 26.3 Å². The fourth-order valence-electron chi connectivity index (χ4n) is 2.99. The minimum absolute atomic E-state index is 0.000975. The third kappa shape index (κ3) is 4.67. The molecule has 0 bridgehead atoms. The van der Waals surface area contributed by atoms with Crippen molar-refractivity contribution in [2.24, 2.45) is 0 Å². The van der Waals surface area contributed by atoms with Crippen LogP contribution in [0, 0.1) is 0 Å². The molecule has 1 atom stereocenters. The van der Waals surface area contributed by atoms with Gasteiger partial charge in [-0.25, -0.2) is 0 Å².